The predicted octanol–water partition coefficient (Wildman–Crippen LogP) is 1.72. The van der Waals surface area contributed by atoms with Crippen molar-refractivity contribution in [3.63, 3.8) is 0 Å². The number of halogens is 1. The van der Waals surface area contributed by atoms with E-state index >= 15 is 0 Å². The Balaban J connectivity index is 2.58. The van der Waals surface area contributed by atoms with Gasteiger partial charge >= 0.3 is 0 Å². The molecule has 0 aromatic heterocycles. The van der Waals surface area contributed by atoms with Crippen LogP contribution >= 0.6 is 11.6 Å². The van der Waals surface area contributed by atoms with Crippen molar-refractivity contribution in [1.29, 1.82) is 5.26 Å². The first-order valence-electron chi connectivity index (χ1n) is 6.59. The summed E-state index contributed by atoms with van der Waals surface area (Å²) in [6.45, 7) is 4.08. The summed E-state index contributed by atoms with van der Waals surface area (Å²) in [5.74, 6) is -0.672. The molecular formula is C15H17ClN4O2. The fourth-order valence-electron chi connectivity index (χ4n) is 1.50. The van der Waals surface area contributed by atoms with Gasteiger partial charge in [-0.1, -0.05) is 17.7 Å². The number of anilines is 1. The van der Waals surface area contributed by atoms with E-state index in [1.165, 1.54) is 13.1 Å². The van der Waals surface area contributed by atoms with Gasteiger partial charge in [-0.15, -0.1) is 0 Å². The first-order chi connectivity index (χ1) is 10.4. The van der Waals surface area contributed by atoms with Crippen molar-refractivity contribution in [2.75, 3.05) is 18.4 Å². The van der Waals surface area contributed by atoms with Gasteiger partial charge in [0.1, 0.15) is 11.6 Å². The van der Waals surface area contributed by atoms with Crippen LogP contribution in [0.3, 0.4) is 0 Å². The summed E-state index contributed by atoms with van der Waals surface area (Å²) in [7, 11) is 0. The Labute approximate surface area is 134 Å². The molecule has 1 rings (SSSR count). The Bertz CT molecular complexity index is 635. The Kier molecular flexibility index (Phi) is 6.93. The van der Waals surface area contributed by atoms with Gasteiger partial charge in [0.2, 0.25) is 5.91 Å². The van der Waals surface area contributed by atoms with Gasteiger partial charge in [0.15, 0.2) is 0 Å². The van der Waals surface area contributed by atoms with Gasteiger partial charge in [-0.2, -0.15) is 5.26 Å². The highest BCUT2D eigenvalue weighted by Crippen LogP contribution is 2.20. The topological polar surface area (TPSA) is 94.0 Å². The number of aryl methyl sites for hydroxylation is 1. The summed E-state index contributed by atoms with van der Waals surface area (Å²) >= 11 is 5.98. The number of carbonyl (C=O) groups is 2. The van der Waals surface area contributed by atoms with E-state index in [2.05, 4.69) is 16.0 Å². The largest absolute Gasteiger partial charge is 0.388 e. The van der Waals surface area contributed by atoms with Crippen LogP contribution < -0.4 is 16.0 Å². The fraction of sp³-hybridized carbons (Fsp3) is 0.267. The second kappa shape index (κ2) is 8.70. The highest BCUT2D eigenvalue weighted by molar-refractivity contribution is 6.31. The van der Waals surface area contributed by atoms with Gasteiger partial charge in [0, 0.05) is 36.9 Å². The van der Waals surface area contributed by atoms with Crippen LogP contribution in [0.2, 0.25) is 5.02 Å². The molecule has 0 saturated carbocycles. The lowest BCUT2D eigenvalue weighted by Crippen LogP contribution is -2.28. The minimum atomic E-state index is -0.533. The Hall–Kier alpha value is -2.52. The summed E-state index contributed by atoms with van der Waals surface area (Å²) in [5.41, 5.74) is 1.34. The molecule has 22 heavy (non-hydrogen) atoms. The maximum atomic E-state index is 12.0. The molecular weight excluding hydrogens is 304 g/mol. The molecule has 0 unspecified atom stereocenters. The van der Waals surface area contributed by atoms with Crippen molar-refractivity contribution >= 4 is 29.1 Å². The third-order valence-electron chi connectivity index (χ3n) is 2.68. The number of nitrogens with zero attached hydrogens (tertiary/aromatic N) is 1. The molecule has 0 saturated heterocycles. The molecule has 3 N–H and O–H groups in total. The summed E-state index contributed by atoms with van der Waals surface area (Å²) in [4.78, 5) is 22.6. The lowest BCUT2D eigenvalue weighted by Gasteiger charge is -2.07. The Morgan fingerprint density at radius 3 is 2.68 bits per heavy atom. The van der Waals surface area contributed by atoms with Crippen LogP contribution in [-0.4, -0.2) is 24.9 Å². The molecule has 2 amide bonds. The fourth-order valence-corrected chi connectivity index (χ4v) is 1.68. The van der Waals surface area contributed by atoms with Crippen LogP contribution in [0, 0.1) is 18.3 Å². The van der Waals surface area contributed by atoms with Crippen molar-refractivity contribution < 1.29 is 9.59 Å². The van der Waals surface area contributed by atoms with Crippen molar-refractivity contribution in [2.45, 2.75) is 13.8 Å². The third-order valence-corrected chi connectivity index (χ3v) is 3.09. The number of nitriles is 1. The number of carbonyl (C=O) groups excluding carboxylic acids is 2. The van der Waals surface area contributed by atoms with E-state index in [-0.39, 0.29) is 11.5 Å². The summed E-state index contributed by atoms with van der Waals surface area (Å²) < 4.78 is 0. The number of hydrogen-bond donors (Lipinski definition) is 3. The summed E-state index contributed by atoms with van der Waals surface area (Å²) in [5, 5.41) is 17.5. The Morgan fingerprint density at radius 2 is 2.09 bits per heavy atom. The zero-order valence-corrected chi connectivity index (χ0v) is 13.1. The normalized spacial score (nSPS) is 10.5. The zero-order chi connectivity index (χ0) is 16.5. The molecule has 1 aromatic rings. The molecule has 6 nitrogen and oxygen atoms in total. The molecule has 7 heteroatoms. The van der Waals surface area contributed by atoms with E-state index in [1.54, 1.807) is 18.2 Å². The van der Waals surface area contributed by atoms with Gasteiger partial charge < -0.3 is 16.0 Å². The Morgan fingerprint density at radius 1 is 1.36 bits per heavy atom. The van der Waals surface area contributed by atoms with Crippen LogP contribution in [0.25, 0.3) is 0 Å². The standard InChI is InChI=1S/C15H17ClN4O2/c1-10-3-4-13(7-14(10)16)20-15(22)12(8-17)9-18-5-6-19-11(2)21/h3-4,7,9,18H,5-6H2,1-2H3,(H,19,21)(H,20,22)/b12-9-. The van der Waals surface area contributed by atoms with E-state index in [9.17, 15) is 9.59 Å². The van der Waals surface area contributed by atoms with Crippen LogP contribution in [-0.2, 0) is 9.59 Å². The van der Waals surface area contributed by atoms with Gasteiger partial charge in [0.25, 0.3) is 5.91 Å². The van der Waals surface area contributed by atoms with Crippen molar-refractivity contribution in [3.05, 3.63) is 40.6 Å². The highest BCUT2D eigenvalue weighted by atomic mass is 35.5. The molecule has 0 aliphatic rings. The van der Waals surface area contributed by atoms with E-state index < -0.39 is 5.91 Å². The molecule has 0 bridgehead atoms. The molecule has 0 fully saturated rings. The molecule has 0 aliphatic carbocycles. The molecule has 1 aromatic carbocycles. The van der Waals surface area contributed by atoms with Crippen molar-refractivity contribution in [1.82, 2.24) is 10.6 Å². The van der Waals surface area contributed by atoms with Crippen LogP contribution in [0.15, 0.2) is 30.0 Å². The number of amides is 2. The van der Waals surface area contributed by atoms with Crippen LogP contribution in [0.5, 0.6) is 0 Å². The minimum Gasteiger partial charge on any atom is -0.388 e. The predicted molar refractivity (Wildman–Crippen MR) is 85.2 cm³/mol. The minimum absolute atomic E-state index is 0.0699. The van der Waals surface area contributed by atoms with Gasteiger partial charge in [0.05, 0.1) is 0 Å². The lowest BCUT2D eigenvalue weighted by atomic mass is 10.2. The van der Waals surface area contributed by atoms with Crippen molar-refractivity contribution in [3.8, 4) is 6.07 Å². The number of hydrogen-bond acceptors (Lipinski definition) is 4. The lowest BCUT2D eigenvalue weighted by molar-refractivity contribution is -0.119. The number of nitrogens with one attached hydrogen (secondary N) is 3. The molecule has 0 radical (unpaired) electrons. The molecule has 0 heterocycles. The van der Waals surface area contributed by atoms with E-state index in [0.29, 0.717) is 23.8 Å². The quantitative estimate of drug-likeness (QED) is 0.422. The zero-order valence-electron chi connectivity index (χ0n) is 12.4. The monoisotopic (exact) mass is 320 g/mol. The first-order valence-corrected chi connectivity index (χ1v) is 6.97. The van der Waals surface area contributed by atoms with Gasteiger partial charge in [-0.05, 0) is 24.6 Å². The SMILES string of the molecule is CC(=O)NCCN/C=C(/C#N)C(=O)Nc1ccc(C)c(Cl)c1. The van der Waals surface area contributed by atoms with Crippen LogP contribution in [0.4, 0.5) is 5.69 Å². The summed E-state index contributed by atoms with van der Waals surface area (Å²) in [6.07, 6.45) is 1.31. The molecule has 0 atom stereocenters. The maximum Gasteiger partial charge on any atom is 0.267 e. The van der Waals surface area contributed by atoms with E-state index in [1.807, 2.05) is 13.0 Å². The van der Waals surface area contributed by atoms with Crippen molar-refractivity contribution in [2.24, 2.45) is 0 Å². The molecule has 0 spiro atoms. The number of rotatable bonds is 6. The third kappa shape index (κ3) is 5.85. The summed E-state index contributed by atoms with van der Waals surface area (Å²) in [6, 6.07) is 6.92. The highest BCUT2D eigenvalue weighted by Gasteiger charge is 2.09. The van der Waals surface area contributed by atoms with E-state index in [4.69, 9.17) is 16.9 Å². The number of benzene rings is 1. The molecule has 116 valence electrons. The molecule has 0 aliphatic heterocycles. The first kappa shape index (κ1) is 17.5. The second-order valence-corrected chi connectivity index (χ2v) is 4.93. The maximum absolute atomic E-state index is 12.0. The van der Waals surface area contributed by atoms with Gasteiger partial charge in [-0.3, -0.25) is 9.59 Å². The van der Waals surface area contributed by atoms with E-state index in [0.717, 1.165) is 5.56 Å². The van der Waals surface area contributed by atoms with Crippen LogP contribution in [0.1, 0.15) is 12.5 Å². The van der Waals surface area contributed by atoms with Gasteiger partial charge in [-0.25, -0.2) is 0 Å². The second-order valence-electron chi connectivity index (χ2n) is 4.52. The average molecular weight is 321 g/mol. The average Bonchev–Trinajstić information content (AvgIpc) is 2.46. The smallest absolute Gasteiger partial charge is 0.267 e.